The predicted molar refractivity (Wildman–Crippen MR) is 117 cm³/mol. The number of thioether (sulfide) groups is 1. The fourth-order valence-electron chi connectivity index (χ4n) is 3.87. The molecule has 2 aromatic carbocycles. The van der Waals surface area contributed by atoms with E-state index < -0.39 is 0 Å². The van der Waals surface area contributed by atoms with E-state index in [9.17, 15) is 5.11 Å². The molecule has 5 heteroatoms. The van der Waals surface area contributed by atoms with Crippen LogP contribution in [0.3, 0.4) is 0 Å². The van der Waals surface area contributed by atoms with Crippen molar-refractivity contribution >= 4 is 11.8 Å². The molecular weight excluding hydrogens is 368 g/mol. The number of rotatable bonds is 9. The Morgan fingerprint density at radius 1 is 1.07 bits per heavy atom. The average Bonchev–Trinajstić information content (AvgIpc) is 2.72. The summed E-state index contributed by atoms with van der Waals surface area (Å²) in [4.78, 5) is 6.32. The van der Waals surface area contributed by atoms with Crippen molar-refractivity contribution < 1.29 is 9.84 Å². The molecule has 2 aromatic rings. The first-order valence-corrected chi connectivity index (χ1v) is 11.4. The Morgan fingerprint density at radius 3 is 2.57 bits per heavy atom. The zero-order valence-corrected chi connectivity index (χ0v) is 17.8. The van der Waals surface area contributed by atoms with Crippen molar-refractivity contribution in [1.29, 1.82) is 0 Å². The van der Waals surface area contributed by atoms with Gasteiger partial charge in [0.2, 0.25) is 0 Å². The minimum absolute atomic E-state index is 0.227. The van der Waals surface area contributed by atoms with Gasteiger partial charge in [-0.15, -0.1) is 11.8 Å². The molecule has 1 aliphatic heterocycles. The highest BCUT2D eigenvalue weighted by molar-refractivity contribution is 7.98. The lowest BCUT2D eigenvalue weighted by Gasteiger charge is -2.41. The topological polar surface area (TPSA) is 35.9 Å². The highest BCUT2D eigenvalue weighted by Crippen LogP contribution is 2.24. The number of aliphatic hydroxyl groups is 1. The fraction of sp³-hybridized carbons (Fsp3) is 0.478. The molecule has 0 spiro atoms. The second-order valence-electron chi connectivity index (χ2n) is 7.26. The molecule has 3 rings (SSSR count). The zero-order valence-electron chi connectivity index (χ0n) is 17.0. The Morgan fingerprint density at radius 2 is 1.86 bits per heavy atom. The smallest absolute Gasteiger partial charge is 0.123 e. The van der Waals surface area contributed by atoms with Gasteiger partial charge in [0.15, 0.2) is 0 Å². The second-order valence-corrected chi connectivity index (χ2v) is 8.14. The van der Waals surface area contributed by atoms with Crippen LogP contribution in [0.2, 0.25) is 0 Å². The summed E-state index contributed by atoms with van der Waals surface area (Å²) in [5.74, 6) is 0.976. The maximum Gasteiger partial charge on any atom is 0.123 e. The quantitative estimate of drug-likeness (QED) is 0.647. The van der Waals surface area contributed by atoms with E-state index in [4.69, 9.17) is 4.74 Å². The molecule has 1 fully saturated rings. The maximum atomic E-state index is 9.60. The van der Waals surface area contributed by atoms with Crippen molar-refractivity contribution in [3.05, 3.63) is 59.7 Å². The predicted octanol–water partition coefficient (Wildman–Crippen LogP) is 3.88. The number of hydrogen-bond acceptors (Lipinski definition) is 5. The van der Waals surface area contributed by atoms with Crippen LogP contribution in [-0.2, 0) is 13.1 Å². The molecule has 1 saturated heterocycles. The number of ether oxygens (including phenoxy) is 1. The van der Waals surface area contributed by atoms with Crippen molar-refractivity contribution in [3.8, 4) is 5.75 Å². The first-order chi connectivity index (χ1) is 13.7. The van der Waals surface area contributed by atoms with Crippen molar-refractivity contribution in [2.24, 2.45) is 0 Å². The van der Waals surface area contributed by atoms with Crippen molar-refractivity contribution in [2.45, 2.75) is 37.4 Å². The van der Waals surface area contributed by atoms with E-state index in [0.29, 0.717) is 12.6 Å². The van der Waals surface area contributed by atoms with E-state index in [-0.39, 0.29) is 6.61 Å². The lowest BCUT2D eigenvalue weighted by Crippen LogP contribution is -2.52. The molecule has 1 heterocycles. The van der Waals surface area contributed by atoms with E-state index in [1.807, 2.05) is 19.1 Å². The Kier molecular flexibility index (Phi) is 8.22. The molecule has 0 aliphatic carbocycles. The number of aliphatic hydroxyl groups excluding tert-OH is 1. The van der Waals surface area contributed by atoms with Crippen molar-refractivity contribution in [1.82, 2.24) is 9.80 Å². The summed E-state index contributed by atoms with van der Waals surface area (Å²) >= 11 is 1.78. The van der Waals surface area contributed by atoms with Gasteiger partial charge in [0.05, 0.1) is 6.61 Å². The average molecular weight is 401 g/mol. The molecule has 0 radical (unpaired) electrons. The van der Waals surface area contributed by atoms with Crippen molar-refractivity contribution in [2.75, 3.05) is 39.1 Å². The Bertz CT molecular complexity index is 723. The van der Waals surface area contributed by atoms with Crippen LogP contribution in [0.4, 0.5) is 0 Å². The monoisotopic (exact) mass is 400 g/mol. The van der Waals surface area contributed by atoms with E-state index in [1.165, 1.54) is 16.0 Å². The number of hydrogen-bond donors (Lipinski definition) is 1. The maximum absolute atomic E-state index is 9.60. The molecule has 152 valence electrons. The number of nitrogens with zero attached hydrogens (tertiary/aromatic N) is 2. The molecule has 28 heavy (non-hydrogen) atoms. The van der Waals surface area contributed by atoms with Gasteiger partial charge in [-0.1, -0.05) is 30.3 Å². The third-order valence-electron chi connectivity index (χ3n) is 5.36. The van der Waals surface area contributed by atoms with Crippen LogP contribution in [0.25, 0.3) is 0 Å². The summed E-state index contributed by atoms with van der Waals surface area (Å²) in [5.41, 5.74) is 2.59. The first kappa shape index (κ1) is 21.2. The van der Waals surface area contributed by atoms with Crippen LogP contribution in [0.5, 0.6) is 5.75 Å². The van der Waals surface area contributed by atoms with Gasteiger partial charge in [-0.3, -0.25) is 9.80 Å². The summed E-state index contributed by atoms with van der Waals surface area (Å²) in [6.45, 7) is 7.82. The van der Waals surface area contributed by atoms with Gasteiger partial charge < -0.3 is 9.84 Å². The van der Waals surface area contributed by atoms with Crippen molar-refractivity contribution in [3.63, 3.8) is 0 Å². The standard InChI is InChI=1S/C23H32N2O2S/c1-3-27-23-7-5-4-6-20(23)17-25-14-13-24(18-21(25)12-15-26)16-19-8-10-22(28-2)11-9-19/h4-11,21,26H,3,12-18H2,1-2H3. The Hall–Kier alpha value is -1.53. The Balaban J connectivity index is 1.63. The summed E-state index contributed by atoms with van der Waals surface area (Å²) in [6.07, 6.45) is 2.91. The summed E-state index contributed by atoms with van der Waals surface area (Å²) in [7, 11) is 0. The lowest BCUT2D eigenvalue weighted by molar-refractivity contribution is 0.0494. The number of piperazine rings is 1. The van der Waals surface area contributed by atoms with Gasteiger partial charge in [0.25, 0.3) is 0 Å². The van der Waals surface area contributed by atoms with Gasteiger partial charge in [-0.25, -0.2) is 0 Å². The van der Waals surface area contributed by atoms with E-state index in [0.717, 1.165) is 44.9 Å². The van der Waals surface area contributed by atoms with Gasteiger partial charge >= 0.3 is 0 Å². The molecule has 1 N–H and O–H groups in total. The molecule has 1 aliphatic rings. The molecule has 0 aromatic heterocycles. The molecule has 1 atom stereocenters. The van der Waals surface area contributed by atoms with E-state index in [2.05, 4.69) is 52.5 Å². The molecule has 0 bridgehead atoms. The first-order valence-electron chi connectivity index (χ1n) is 10.1. The highest BCUT2D eigenvalue weighted by atomic mass is 32.2. The second kappa shape index (κ2) is 10.9. The number of benzene rings is 2. The number of para-hydroxylation sites is 1. The minimum Gasteiger partial charge on any atom is -0.494 e. The molecule has 0 amide bonds. The normalized spacial score (nSPS) is 18.3. The lowest BCUT2D eigenvalue weighted by atomic mass is 10.1. The van der Waals surface area contributed by atoms with E-state index in [1.54, 1.807) is 11.8 Å². The molecule has 4 nitrogen and oxygen atoms in total. The van der Waals surface area contributed by atoms with Crippen LogP contribution in [0.15, 0.2) is 53.4 Å². The largest absolute Gasteiger partial charge is 0.494 e. The minimum atomic E-state index is 0.227. The van der Waals surface area contributed by atoms with Crippen LogP contribution >= 0.6 is 11.8 Å². The summed E-state index contributed by atoms with van der Waals surface area (Å²) in [5, 5.41) is 9.60. The van der Waals surface area contributed by atoms with Crippen LogP contribution in [-0.4, -0.2) is 60.1 Å². The molecule has 0 saturated carbocycles. The third-order valence-corrected chi connectivity index (χ3v) is 6.11. The molecular formula is C23H32N2O2S. The Labute approximate surface area is 173 Å². The highest BCUT2D eigenvalue weighted by Gasteiger charge is 2.27. The summed E-state index contributed by atoms with van der Waals surface area (Å²) in [6, 6.07) is 17.5. The van der Waals surface area contributed by atoms with Gasteiger partial charge in [-0.05, 0) is 43.4 Å². The SMILES string of the molecule is CCOc1ccccc1CN1CCN(Cc2ccc(SC)cc2)CC1CCO. The third kappa shape index (κ3) is 5.74. The summed E-state index contributed by atoms with van der Waals surface area (Å²) < 4.78 is 5.80. The van der Waals surface area contributed by atoms with Crippen LogP contribution < -0.4 is 4.74 Å². The van der Waals surface area contributed by atoms with Gasteiger partial charge in [0, 0.05) is 55.8 Å². The van der Waals surface area contributed by atoms with Crippen LogP contribution in [0, 0.1) is 0 Å². The van der Waals surface area contributed by atoms with E-state index >= 15 is 0 Å². The van der Waals surface area contributed by atoms with Gasteiger partial charge in [0.1, 0.15) is 5.75 Å². The van der Waals surface area contributed by atoms with Crippen LogP contribution in [0.1, 0.15) is 24.5 Å². The fourth-order valence-corrected chi connectivity index (χ4v) is 4.28. The zero-order chi connectivity index (χ0) is 19.8. The van der Waals surface area contributed by atoms with Gasteiger partial charge in [-0.2, -0.15) is 0 Å². The molecule has 1 unspecified atom stereocenters.